The average molecular weight is 407 g/mol. The van der Waals surface area contributed by atoms with Crippen molar-refractivity contribution >= 4 is 5.97 Å². The average Bonchev–Trinajstić information content (AvgIpc) is 3.04. The molecule has 0 aliphatic heterocycles. The second kappa shape index (κ2) is 8.15. The standard InChI is InChI=1S/C26H43FO2/c1-5-17-15-20-21-10-9-18(7-6-8-24(28)29-4)25(21,2)14-12-22(20)26(3)13-11-19(27)16-23(17)26/h17-23H,5-16H2,1-4H3/t17-,18?,19?,20?,21?,22-,23?,25?,26?/m0/s1. The maximum absolute atomic E-state index is 14.4. The summed E-state index contributed by atoms with van der Waals surface area (Å²) in [5, 5.41) is 0. The highest BCUT2D eigenvalue weighted by Crippen LogP contribution is 2.69. The first-order chi connectivity index (χ1) is 13.8. The summed E-state index contributed by atoms with van der Waals surface area (Å²) in [6.07, 6.45) is 12.9. The SMILES string of the molecule is CC[C@H]1CC2C3CCC(CCCC(=O)OC)C3(C)CC[C@@H]2C2(C)CCC(F)CC12. The van der Waals surface area contributed by atoms with Crippen LogP contribution in [0.15, 0.2) is 0 Å². The number of fused-ring (bicyclic) bond motifs is 5. The van der Waals surface area contributed by atoms with Gasteiger partial charge in [0.1, 0.15) is 6.17 Å². The number of rotatable bonds is 5. The lowest BCUT2D eigenvalue weighted by atomic mass is 9.42. The Morgan fingerprint density at radius 1 is 1.00 bits per heavy atom. The first-order valence-corrected chi connectivity index (χ1v) is 12.5. The smallest absolute Gasteiger partial charge is 0.305 e. The van der Waals surface area contributed by atoms with Crippen LogP contribution < -0.4 is 0 Å². The van der Waals surface area contributed by atoms with Gasteiger partial charge >= 0.3 is 5.97 Å². The number of hydrogen-bond donors (Lipinski definition) is 0. The summed E-state index contributed by atoms with van der Waals surface area (Å²) < 4.78 is 19.2. The van der Waals surface area contributed by atoms with Crippen LogP contribution in [0.1, 0.15) is 97.8 Å². The van der Waals surface area contributed by atoms with Gasteiger partial charge in [0.05, 0.1) is 7.11 Å². The maximum atomic E-state index is 14.4. The molecule has 0 amide bonds. The van der Waals surface area contributed by atoms with Crippen molar-refractivity contribution < 1.29 is 13.9 Å². The Bertz CT molecular complexity index is 606. The van der Waals surface area contributed by atoms with Crippen molar-refractivity contribution in [2.24, 2.45) is 46.3 Å². The van der Waals surface area contributed by atoms with Crippen LogP contribution in [0.3, 0.4) is 0 Å². The molecule has 4 rings (SSSR count). The van der Waals surface area contributed by atoms with Crippen LogP contribution in [0.5, 0.6) is 0 Å². The van der Waals surface area contributed by atoms with E-state index in [1.54, 1.807) is 0 Å². The molecule has 0 aromatic rings. The molecule has 0 aromatic heterocycles. The molecule has 166 valence electrons. The fraction of sp³-hybridized carbons (Fsp3) is 0.962. The van der Waals surface area contributed by atoms with Crippen LogP contribution in [0.25, 0.3) is 0 Å². The molecular formula is C26H43FO2. The molecule has 7 unspecified atom stereocenters. The number of halogens is 1. The summed E-state index contributed by atoms with van der Waals surface area (Å²) in [7, 11) is 1.49. The normalized spacial score (nSPS) is 49.1. The third-order valence-electron chi connectivity index (χ3n) is 10.7. The molecule has 4 aliphatic rings. The Morgan fingerprint density at radius 2 is 1.72 bits per heavy atom. The van der Waals surface area contributed by atoms with Crippen LogP contribution in [0.2, 0.25) is 0 Å². The molecule has 29 heavy (non-hydrogen) atoms. The molecule has 0 radical (unpaired) electrons. The number of carbonyl (C=O) groups is 1. The Balaban J connectivity index is 1.51. The zero-order chi connectivity index (χ0) is 20.8. The van der Waals surface area contributed by atoms with Gasteiger partial charge in [0.15, 0.2) is 0 Å². The highest BCUT2D eigenvalue weighted by molar-refractivity contribution is 5.68. The van der Waals surface area contributed by atoms with Gasteiger partial charge in [-0.1, -0.05) is 27.2 Å². The number of hydrogen-bond acceptors (Lipinski definition) is 2. The molecule has 0 heterocycles. The molecule has 4 fully saturated rings. The topological polar surface area (TPSA) is 26.3 Å². The molecule has 2 nitrogen and oxygen atoms in total. The van der Waals surface area contributed by atoms with E-state index >= 15 is 0 Å². The molecule has 0 spiro atoms. The van der Waals surface area contributed by atoms with E-state index in [-0.39, 0.29) is 5.97 Å². The van der Waals surface area contributed by atoms with Crippen LogP contribution in [0, 0.1) is 46.3 Å². The monoisotopic (exact) mass is 406 g/mol. The predicted octanol–water partition coefficient (Wildman–Crippen LogP) is 6.96. The van der Waals surface area contributed by atoms with Crippen molar-refractivity contribution in [3.8, 4) is 0 Å². The summed E-state index contributed by atoms with van der Waals surface area (Å²) in [6.45, 7) is 7.48. The predicted molar refractivity (Wildman–Crippen MR) is 115 cm³/mol. The third-order valence-corrected chi connectivity index (χ3v) is 10.7. The molecule has 0 N–H and O–H groups in total. The van der Waals surface area contributed by atoms with Crippen LogP contribution in [-0.4, -0.2) is 19.3 Å². The van der Waals surface area contributed by atoms with E-state index in [2.05, 4.69) is 20.8 Å². The van der Waals surface area contributed by atoms with Gasteiger partial charge in [-0.2, -0.15) is 0 Å². The van der Waals surface area contributed by atoms with E-state index in [0.29, 0.717) is 23.2 Å². The summed E-state index contributed by atoms with van der Waals surface area (Å²) in [5.74, 6) is 4.55. The summed E-state index contributed by atoms with van der Waals surface area (Å²) in [4.78, 5) is 11.5. The fourth-order valence-electron chi connectivity index (χ4n) is 9.08. The van der Waals surface area contributed by atoms with Gasteiger partial charge in [-0.3, -0.25) is 4.79 Å². The number of alkyl halides is 1. The van der Waals surface area contributed by atoms with Crippen LogP contribution in [0.4, 0.5) is 4.39 Å². The quantitative estimate of drug-likeness (QED) is 0.461. The lowest BCUT2D eigenvalue weighted by Crippen LogP contribution is -2.56. The number of carbonyl (C=O) groups excluding carboxylic acids is 1. The van der Waals surface area contributed by atoms with Gasteiger partial charge in [-0.15, -0.1) is 0 Å². The van der Waals surface area contributed by atoms with Gasteiger partial charge in [-0.25, -0.2) is 4.39 Å². The second-order valence-electron chi connectivity index (χ2n) is 11.6. The Hall–Kier alpha value is -0.600. The molecule has 0 aromatic carbocycles. The zero-order valence-electron chi connectivity index (χ0n) is 19.2. The van der Waals surface area contributed by atoms with E-state index in [4.69, 9.17) is 4.74 Å². The van der Waals surface area contributed by atoms with Crippen LogP contribution in [-0.2, 0) is 9.53 Å². The van der Waals surface area contributed by atoms with E-state index < -0.39 is 6.17 Å². The minimum absolute atomic E-state index is 0.0612. The summed E-state index contributed by atoms with van der Waals surface area (Å²) >= 11 is 0. The van der Waals surface area contributed by atoms with Crippen molar-refractivity contribution in [2.75, 3.05) is 7.11 Å². The zero-order valence-corrected chi connectivity index (χ0v) is 19.2. The molecule has 0 saturated heterocycles. The minimum atomic E-state index is -0.557. The highest BCUT2D eigenvalue weighted by Gasteiger charge is 2.61. The molecule has 3 heteroatoms. The second-order valence-corrected chi connectivity index (χ2v) is 11.6. The Labute approximate surface area is 177 Å². The van der Waals surface area contributed by atoms with Crippen LogP contribution >= 0.6 is 0 Å². The van der Waals surface area contributed by atoms with E-state index in [1.165, 1.54) is 52.1 Å². The van der Waals surface area contributed by atoms with Gasteiger partial charge < -0.3 is 4.74 Å². The molecule has 4 aliphatic carbocycles. The first-order valence-electron chi connectivity index (χ1n) is 12.5. The summed E-state index contributed by atoms with van der Waals surface area (Å²) in [6, 6.07) is 0. The number of esters is 1. The van der Waals surface area contributed by atoms with Gasteiger partial charge in [-0.05, 0) is 111 Å². The Morgan fingerprint density at radius 3 is 2.45 bits per heavy atom. The lowest BCUT2D eigenvalue weighted by molar-refractivity contribution is -0.145. The van der Waals surface area contributed by atoms with Gasteiger partial charge in [0, 0.05) is 6.42 Å². The van der Waals surface area contributed by atoms with Crippen molar-refractivity contribution in [3.63, 3.8) is 0 Å². The number of methoxy groups -OCH3 is 1. The van der Waals surface area contributed by atoms with Crippen molar-refractivity contribution in [1.82, 2.24) is 0 Å². The largest absolute Gasteiger partial charge is 0.469 e. The van der Waals surface area contributed by atoms with Crippen molar-refractivity contribution in [3.05, 3.63) is 0 Å². The fourth-order valence-corrected chi connectivity index (χ4v) is 9.08. The Kier molecular flexibility index (Phi) is 6.08. The lowest BCUT2D eigenvalue weighted by Gasteiger charge is -2.63. The van der Waals surface area contributed by atoms with Gasteiger partial charge in [0.25, 0.3) is 0 Å². The van der Waals surface area contributed by atoms with E-state index in [0.717, 1.165) is 55.3 Å². The minimum Gasteiger partial charge on any atom is -0.469 e. The summed E-state index contributed by atoms with van der Waals surface area (Å²) in [5.41, 5.74) is 0.826. The van der Waals surface area contributed by atoms with Crippen molar-refractivity contribution in [2.45, 2.75) is 104 Å². The van der Waals surface area contributed by atoms with Gasteiger partial charge in [0.2, 0.25) is 0 Å². The molecular weight excluding hydrogens is 363 g/mol. The molecule has 0 bridgehead atoms. The first kappa shape index (κ1) is 21.6. The third kappa shape index (κ3) is 3.57. The van der Waals surface area contributed by atoms with Crippen molar-refractivity contribution in [1.29, 1.82) is 0 Å². The number of ether oxygens (including phenoxy) is 1. The van der Waals surface area contributed by atoms with E-state index in [9.17, 15) is 9.18 Å². The molecule has 9 atom stereocenters. The highest BCUT2D eigenvalue weighted by atomic mass is 19.1. The molecule has 4 saturated carbocycles. The maximum Gasteiger partial charge on any atom is 0.305 e. The van der Waals surface area contributed by atoms with E-state index in [1.807, 2.05) is 0 Å².